The molecule has 2 aliphatic heterocycles. The lowest BCUT2D eigenvalue weighted by Gasteiger charge is -2.45. The van der Waals surface area contributed by atoms with Gasteiger partial charge in [0.25, 0.3) is 0 Å². The SMILES string of the molecule is NCc1cccc2c1C(c1ccccc1)CN1CCNCC21. The van der Waals surface area contributed by atoms with Crippen LogP contribution in [0.1, 0.15) is 34.2 Å². The molecule has 3 nitrogen and oxygen atoms in total. The molecule has 1 fully saturated rings. The number of piperazine rings is 1. The molecule has 2 aliphatic rings. The Kier molecular flexibility index (Phi) is 3.70. The predicted octanol–water partition coefficient (Wildman–Crippen LogP) is 2.24. The second kappa shape index (κ2) is 5.84. The molecule has 114 valence electrons. The second-order valence-electron chi connectivity index (χ2n) is 6.30. The van der Waals surface area contributed by atoms with Gasteiger partial charge < -0.3 is 11.1 Å². The Labute approximate surface area is 132 Å². The van der Waals surface area contributed by atoms with Crippen LogP contribution in [0, 0.1) is 0 Å². The van der Waals surface area contributed by atoms with Crippen LogP contribution in [-0.4, -0.2) is 31.1 Å². The van der Waals surface area contributed by atoms with Crippen LogP contribution < -0.4 is 11.1 Å². The number of fused-ring (bicyclic) bond motifs is 3. The minimum Gasteiger partial charge on any atom is -0.326 e. The Balaban J connectivity index is 1.86. The summed E-state index contributed by atoms with van der Waals surface area (Å²) in [6.45, 7) is 4.97. The molecule has 0 amide bonds. The molecule has 0 spiro atoms. The van der Waals surface area contributed by atoms with Crippen molar-refractivity contribution in [2.24, 2.45) is 5.73 Å². The number of nitrogens with two attached hydrogens (primary N) is 1. The molecule has 3 N–H and O–H groups in total. The van der Waals surface area contributed by atoms with Crippen LogP contribution in [0.5, 0.6) is 0 Å². The van der Waals surface area contributed by atoms with Crippen molar-refractivity contribution in [3.05, 3.63) is 70.8 Å². The summed E-state index contributed by atoms with van der Waals surface area (Å²) in [5.74, 6) is 0.435. The van der Waals surface area contributed by atoms with Gasteiger partial charge in [-0.25, -0.2) is 0 Å². The summed E-state index contributed by atoms with van der Waals surface area (Å²) in [4.78, 5) is 2.64. The van der Waals surface area contributed by atoms with Gasteiger partial charge in [-0.05, 0) is 22.3 Å². The minimum absolute atomic E-state index is 0.435. The van der Waals surface area contributed by atoms with Gasteiger partial charge in [0.05, 0.1) is 0 Å². The minimum atomic E-state index is 0.435. The van der Waals surface area contributed by atoms with Gasteiger partial charge >= 0.3 is 0 Å². The van der Waals surface area contributed by atoms with E-state index in [2.05, 4.69) is 58.7 Å². The second-order valence-corrected chi connectivity index (χ2v) is 6.30. The highest BCUT2D eigenvalue weighted by molar-refractivity contribution is 5.47. The number of nitrogens with zero attached hydrogens (tertiary/aromatic N) is 1. The van der Waals surface area contributed by atoms with E-state index in [0.29, 0.717) is 18.5 Å². The van der Waals surface area contributed by atoms with E-state index < -0.39 is 0 Å². The van der Waals surface area contributed by atoms with Crippen LogP contribution in [0.4, 0.5) is 0 Å². The molecule has 0 aliphatic carbocycles. The van der Waals surface area contributed by atoms with Gasteiger partial charge in [-0.15, -0.1) is 0 Å². The van der Waals surface area contributed by atoms with Crippen LogP contribution in [0.25, 0.3) is 0 Å². The summed E-state index contributed by atoms with van der Waals surface area (Å²) in [6, 6.07) is 18.0. The third-order valence-electron chi connectivity index (χ3n) is 5.13. The highest BCUT2D eigenvalue weighted by atomic mass is 15.2. The van der Waals surface area contributed by atoms with Gasteiger partial charge in [0, 0.05) is 44.7 Å². The van der Waals surface area contributed by atoms with Crippen LogP contribution in [0.2, 0.25) is 0 Å². The first-order valence-corrected chi connectivity index (χ1v) is 8.20. The molecule has 22 heavy (non-hydrogen) atoms. The summed E-state index contributed by atoms with van der Waals surface area (Å²) in [7, 11) is 0. The Hall–Kier alpha value is -1.68. The summed E-state index contributed by atoms with van der Waals surface area (Å²) in [5, 5.41) is 3.54. The highest BCUT2D eigenvalue weighted by Crippen LogP contribution is 2.41. The van der Waals surface area contributed by atoms with E-state index >= 15 is 0 Å². The summed E-state index contributed by atoms with van der Waals surface area (Å²) in [6.07, 6.45) is 0. The topological polar surface area (TPSA) is 41.3 Å². The third kappa shape index (κ3) is 2.26. The molecular formula is C19H23N3. The molecule has 2 aromatic carbocycles. The van der Waals surface area contributed by atoms with E-state index in [-0.39, 0.29) is 0 Å². The van der Waals surface area contributed by atoms with Gasteiger partial charge in [0.15, 0.2) is 0 Å². The lowest BCUT2D eigenvalue weighted by molar-refractivity contribution is 0.143. The Morgan fingerprint density at radius 3 is 2.77 bits per heavy atom. The zero-order valence-corrected chi connectivity index (χ0v) is 12.8. The molecule has 3 heteroatoms. The molecule has 2 atom stereocenters. The maximum atomic E-state index is 6.05. The van der Waals surface area contributed by atoms with Crippen LogP contribution >= 0.6 is 0 Å². The molecular weight excluding hydrogens is 270 g/mol. The van der Waals surface area contributed by atoms with Crippen LogP contribution in [0.15, 0.2) is 48.5 Å². The van der Waals surface area contributed by atoms with Crippen molar-refractivity contribution < 1.29 is 0 Å². The lowest BCUT2D eigenvalue weighted by Crippen LogP contribution is -2.50. The normalized spacial score (nSPS) is 24.6. The van der Waals surface area contributed by atoms with Gasteiger partial charge in [-0.3, -0.25) is 4.90 Å². The van der Waals surface area contributed by atoms with Crippen molar-refractivity contribution in [2.75, 3.05) is 26.2 Å². The highest BCUT2D eigenvalue weighted by Gasteiger charge is 2.35. The van der Waals surface area contributed by atoms with E-state index in [4.69, 9.17) is 5.73 Å². The molecule has 0 bridgehead atoms. The van der Waals surface area contributed by atoms with Crippen LogP contribution in [0.3, 0.4) is 0 Å². The molecule has 2 unspecified atom stereocenters. The van der Waals surface area contributed by atoms with Crippen LogP contribution in [-0.2, 0) is 6.54 Å². The zero-order valence-electron chi connectivity index (χ0n) is 12.8. The molecule has 2 heterocycles. The fourth-order valence-electron chi connectivity index (χ4n) is 4.08. The Bertz CT molecular complexity index is 653. The first kappa shape index (κ1) is 13.9. The van der Waals surface area contributed by atoms with Gasteiger partial charge in [-0.2, -0.15) is 0 Å². The maximum Gasteiger partial charge on any atom is 0.0476 e. The number of benzene rings is 2. The molecule has 0 aromatic heterocycles. The van der Waals surface area contributed by atoms with Crippen molar-refractivity contribution in [3.63, 3.8) is 0 Å². The van der Waals surface area contributed by atoms with Gasteiger partial charge in [-0.1, -0.05) is 48.5 Å². The zero-order chi connectivity index (χ0) is 14.9. The summed E-state index contributed by atoms with van der Waals surface area (Å²) in [5.41, 5.74) is 11.7. The third-order valence-corrected chi connectivity index (χ3v) is 5.13. The standard InChI is InChI=1S/C19H23N3/c20-11-15-7-4-8-16-18-12-21-9-10-22(18)13-17(19(15)16)14-5-2-1-3-6-14/h1-8,17-18,21H,9-13,20H2. The van der Waals surface area contributed by atoms with Crippen molar-refractivity contribution in [1.29, 1.82) is 0 Å². The number of rotatable bonds is 2. The van der Waals surface area contributed by atoms with E-state index in [0.717, 1.165) is 26.2 Å². The van der Waals surface area contributed by atoms with Crippen molar-refractivity contribution in [3.8, 4) is 0 Å². The molecule has 0 radical (unpaired) electrons. The largest absolute Gasteiger partial charge is 0.326 e. The first-order chi connectivity index (χ1) is 10.9. The van der Waals surface area contributed by atoms with Crippen molar-refractivity contribution in [1.82, 2.24) is 10.2 Å². The molecule has 0 saturated carbocycles. The number of hydrogen-bond donors (Lipinski definition) is 2. The van der Waals surface area contributed by atoms with E-state index in [1.165, 1.54) is 22.3 Å². The first-order valence-electron chi connectivity index (χ1n) is 8.20. The summed E-state index contributed by atoms with van der Waals surface area (Å²) < 4.78 is 0. The van der Waals surface area contributed by atoms with Gasteiger partial charge in [0.2, 0.25) is 0 Å². The summed E-state index contributed by atoms with van der Waals surface area (Å²) >= 11 is 0. The monoisotopic (exact) mass is 293 g/mol. The average molecular weight is 293 g/mol. The Morgan fingerprint density at radius 1 is 1.09 bits per heavy atom. The number of hydrogen-bond acceptors (Lipinski definition) is 3. The smallest absolute Gasteiger partial charge is 0.0476 e. The lowest BCUT2D eigenvalue weighted by atomic mass is 9.78. The van der Waals surface area contributed by atoms with Crippen molar-refractivity contribution in [2.45, 2.75) is 18.5 Å². The average Bonchev–Trinajstić information content (AvgIpc) is 2.61. The van der Waals surface area contributed by atoms with Crippen molar-refractivity contribution >= 4 is 0 Å². The van der Waals surface area contributed by atoms with E-state index in [9.17, 15) is 0 Å². The van der Waals surface area contributed by atoms with E-state index in [1.807, 2.05) is 0 Å². The van der Waals surface area contributed by atoms with E-state index in [1.54, 1.807) is 0 Å². The molecule has 1 saturated heterocycles. The fraction of sp³-hybridized carbons (Fsp3) is 0.368. The quantitative estimate of drug-likeness (QED) is 0.892. The number of nitrogens with one attached hydrogen (secondary N) is 1. The Morgan fingerprint density at radius 2 is 1.95 bits per heavy atom. The molecule has 4 rings (SSSR count). The maximum absolute atomic E-state index is 6.05. The predicted molar refractivity (Wildman–Crippen MR) is 89.8 cm³/mol. The fourth-order valence-corrected chi connectivity index (χ4v) is 4.08. The van der Waals surface area contributed by atoms with Gasteiger partial charge in [0.1, 0.15) is 0 Å². The molecule has 2 aromatic rings.